The van der Waals surface area contributed by atoms with Crippen LogP contribution < -0.4 is 5.32 Å². The van der Waals surface area contributed by atoms with Crippen LogP contribution in [0.4, 0.5) is 0 Å². The first-order valence-corrected chi connectivity index (χ1v) is 5.16. The van der Waals surface area contributed by atoms with Crippen molar-refractivity contribution in [2.75, 3.05) is 33.9 Å². The number of hydrogen-bond acceptors (Lipinski definition) is 3. The Kier molecular flexibility index (Phi) is 4.70. The van der Waals surface area contributed by atoms with Gasteiger partial charge in [0.1, 0.15) is 0 Å². The first-order chi connectivity index (χ1) is 6.22. The lowest BCUT2D eigenvalue weighted by molar-refractivity contribution is 0.150. The molecule has 0 aromatic heterocycles. The van der Waals surface area contributed by atoms with Gasteiger partial charge in [-0.25, -0.2) is 0 Å². The molecule has 1 fully saturated rings. The highest BCUT2D eigenvalue weighted by Crippen LogP contribution is 2.08. The predicted molar refractivity (Wildman–Crippen MR) is 55.0 cm³/mol. The monoisotopic (exact) mass is 186 g/mol. The maximum Gasteiger partial charge on any atom is 0.0613 e. The molecule has 0 spiro atoms. The second kappa shape index (κ2) is 5.58. The SMILES string of the molecule is COCC(C)NC1CCCN(C)C1. The standard InChI is InChI=1S/C10H22N2O/c1-9(8-13-3)11-10-5-4-6-12(2)7-10/h9-11H,4-8H2,1-3H3. The minimum Gasteiger partial charge on any atom is -0.383 e. The van der Waals surface area contributed by atoms with Crippen LogP contribution in [0.15, 0.2) is 0 Å². The molecule has 0 radical (unpaired) electrons. The Morgan fingerprint density at radius 3 is 3.00 bits per heavy atom. The van der Waals surface area contributed by atoms with Gasteiger partial charge in [0.25, 0.3) is 0 Å². The van der Waals surface area contributed by atoms with Gasteiger partial charge in [0.05, 0.1) is 6.61 Å². The van der Waals surface area contributed by atoms with E-state index in [9.17, 15) is 0 Å². The van der Waals surface area contributed by atoms with Crippen molar-refractivity contribution in [3.8, 4) is 0 Å². The number of nitrogens with one attached hydrogen (secondary N) is 1. The van der Waals surface area contributed by atoms with Crippen LogP contribution in [-0.4, -0.2) is 50.8 Å². The molecule has 1 heterocycles. The fraction of sp³-hybridized carbons (Fsp3) is 1.00. The van der Waals surface area contributed by atoms with Crippen molar-refractivity contribution >= 4 is 0 Å². The van der Waals surface area contributed by atoms with Crippen LogP contribution in [0.1, 0.15) is 19.8 Å². The third kappa shape index (κ3) is 4.07. The molecule has 1 rings (SSSR count). The van der Waals surface area contributed by atoms with E-state index in [4.69, 9.17) is 4.74 Å². The van der Waals surface area contributed by atoms with Gasteiger partial charge in [-0.3, -0.25) is 0 Å². The first-order valence-electron chi connectivity index (χ1n) is 5.16. The molecule has 3 nitrogen and oxygen atoms in total. The molecule has 0 aliphatic carbocycles. The molecule has 0 bridgehead atoms. The Bertz CT molecular complexity index is 141. The fourth-order valence-corrected chi connectivity index (χ4v) is 2.00. The van der Waals surface area contributed by atoms with E-state index in [0.717, 1.165) is 6.61 Å². The van der Waals surface area contributed by atoms with Crippen LogP contribution >= 0.6 is 0 Å². The minimum atomic E-state index is 0.474. The van der Waals surface area contributed by atoms with Gasteiger partial charge in [0, 0.05) is 25.7 Å². The lowest BCUT2D eigenvalue weighted by Crippen LogP contribution is -2.48. The third-order valence-electron chi connectivity index (χ3n) is 2.56. The van der Waals surface area contributed by atoms with Crippen molar-refractivity contribution in [1.82, 2.24) is 10.2 Å². The minimum absolute atomic E-state index is 0.474. The van der Waals surface area contributed by atoms with E-state index in [1.165, 1.54) is 25.9 Å². The molecular formula is C10H22N2O. The second-order valence-corrected chi connectivity index (χ2v) is 4.12. The van der Waals surface area contributed by atoms with Gasteiger partial charge in [-0.1, -0.05) is 0 Å². The Balaban J connectivity index is 2.19. The lowest BCUT2D eigenvalue weighted by Gasteiger charge is -2.32. The molecule has 78 valence electrons. The van der Waals surface area contributed by atoms with Crippen molar-refractivity contribution in [3.05, 3.63) is 0 Å². The van der Waals surface area contributed by atoms with E-state index < -0.39 is 0 Å². The predicted octanol–water partition coefficient (Wildman–Crippen LogP) is 0.705. The Labute approximate surface area is 81.4 Å². The summed E-state index contributed by atoms with van der Waals surface area (Å²) in [6.45, 7) is 5.41. The van der Waals surface area contributed by atoms with E-state index in [-0.39, 0.29) is 0 Å². The quantitative estimate of drug-likeness (QED) is 0.699. The smallest absolute Gasteiger partial charge is 0.0613 e. The Hall–Kier alpha value is -0.120. The van der Waals surface area contributed by atoms with Crippen molar-refractivity contribution in [2.24, 2.45) is 0 Å². The summed E-state index contributed by atoms with van der Waals surface area (Å²) in [6, 6.07) is 1.13. The number of ether oxygens (including phenoxy) is 1. The summed E-state index contributed by atoms with van der Waals surface area (Å²) >= 11 is 0. The van der Waals surface area contributed by atoms with Gasteiger partial charge in [-0.05, 0) is 33.4 Å². The normalized spacial score (nSPS) is 27.5. The molecule has 3 heteroatoms. The van der Waals surface area contributed by atoms with Crippen LogP contribution in [0.5, 0.6) is 0 Å². The molecule has 0 saturated carbocycles. The molecule has 1 aliphatic heterocycles. The van der Waals surface area contributed by atoms with E-state index in [2.05, 4.69) is 24.2 Å². The van der Waals surface area contributed by atoms with E-state index in [1.807, 2.05) is 0 Å². The zero-order chi connectivity index (χ0) is 9.68. The van der Waals surface area contributed by atoms with E-state index >= 15 is 0 Å². The number of piperidine rings is 1. The van der Waals surface area contributed by atoms with Crippen LogP contribution in [0.2, 0.25) is 0 Å². The molecular weight excluding hydrogens is 164 g/mol. The summed E-state index contributed by atoms with van der Waals surface area (Å²) in [5, 5.41) is 3.58. The Morgan fingerprint density at radius 2 is 2.38 bits per heavy atom. The maximum absolute atomic E-state index is 5.10. The molecule has 2 atom stereocenters. The van der Waals surface area contributed by atoms with Gasteiger partial charge in [-0.2, -0.15) is 0 Å². The molecule has 0 aromatic carbocycles. The molecule has 1 saturated heterocycles. The summed E-state index contributed by atoms with van der Waals surface area (Å²) in [4.78, 5) is 2.39. The summed E-state index contributed by atoms with van der Waals surface area (Å²) in [5.41, 5.74) is 0. The highest BCUT2D eigenvalue weighted by Gasteiger charge is 2.18. The number of likely N-dealkylation sites (tertiary alicyclic amines) is 1. The van der Waals surface area contributed by atoms with Crippen molar-refractivity contribution in [3.63, 3.8) is 0 Å². The van der Waals surface area contributed by atoms with Gasteiger partial charge in [0.15, 0.2) is 0 Å². The van der Waals surface area contributed by atoms with Crippen molar-refractivity contribution in [1.29, 1.82) is 0 Å². The average molecular weight is 186 g/mol. The van der Waals surface area contributed by atoms with Gasteiger partial charge < -0.3 is 15.0 Å². The van der Waals surface area contributed by atoms with Crippen LogP contribution in [-0.2, 0) is 4.74 Å². The molecule has 1 aliphatic rings. The van der Waals surface area contributed by atoms with Gasteiger partial charge >= 0.3 is 0 Å². The highest BCUT2D eigenvalue weighted by atomic mass is 16.5. The molecule has 0 amide bonds. The van der Waals surface area contributed by atoms with Crippen molar-refractivity contribution in [2.45, 2.75) is 31.8 Å². The number of hydrogen-bond donors (Lipinski definition) is 1. The summed E-state index contributed by atoms with van der Waals surface area (Å²) < 4.78 is 5.10. The molecule has 13 heavy (non-hydrogen) atoms. The lowest BCUT2D eigenvalue weighted by atomic mass is 10.1. The van der Waals surface area contributed by atoms with Gasteiger partial charge in [0.2, 0.25) is 0 Å². The number of rotatable bonds is 4. The fourth-order valence-electron chi connectivity index (χ4n) is 2.00. The second-order valence-electron chi connectivity index (χ2n) is 4.12. The zero-order valence-corrected chi connectivity index (χ0v) is 9.05. The molecule has 2 unspecified atom stereocenters. The third-order valence-corrected chi connectivity index (χ3v) is 2.56. The number of likely N-dealkylation sites (N-methyl/N-ethyl adjacent to an activating group) is 1. The summed E-state index contributed by atoms with van der Waals surface area (Å²) in [6.07, 6.45) is 2.62. The highest BCUT2D eigenvalue weighted by molar-refractivity contribution is 4.78. The summed E-state index contributed by atoms with van der Waals surface area (Å²) in [7, 11) is 3.94. The largest absolute Gasteiger partial charge is 0.383 e. The van der Waals surface area contributed by atoms with Gasteiger partial charge in [-0.15, -0.1) is 0 Å². The van der Waals surface area contributed by atoms with Crippen molar-refractivity contribution < 1.29 is 4.74 Å². The topological polar surface area (TPSA) is 24.5 Å². The number of nitrogens with zero attached hydrogens (tertiary/aromatic N) is 1. The average Bonchev–Trinajstić information content (AvgIpc) is 2.04. The zero-order valence-electron chi connectivity index (χ0n) is 9.05. The maximum atomic E-state index is 5.10. The molecule has 1 N–H and O–H groups in total. The molecule has 0 aromatic rings. The van der Waals surface area contributed by atoms with Crippen LogP contribution in [0.25, 0.3) is 0 Å². The first kappa shape index (κ1) is 11.0. The van der Waals surface area contributed by atoms with Crippen LogP contribution in [0, 0.1) is 0 Å². The van der Waals surface area contributed by atoms with E-state index in [0.29, 0.717) is 12.1 Å². The van der Waals surface area contributed by atoms with Crippen LogP contribution in [0.3, 0.4) is 0 Å². The summed E-state index contributed by atoms with van der Waals surface area (Å²) in [5.74, 6) is 0. The Morgan fingerprint density at radius 1 is 1.62 bits per heavy atom. The number of methoxy groups -OCH3 is 1. The van der Waals surface area contributed by atoms with E-state index in [1.54, 1.807) is 7.11 Å².